The Kier molecular flexibility index (Phi) is 2.70. The Morgan fingerprint density at radius 3 is 2.50 bits per heavy atom. The highest BCUT2D eigenvalue weighted by atomic mass is 79.9. The average molecular weight is 284 g/mol. The first kappa shape index (κ1) is 11.5. The molecule has 1 aliphatic heterocycles. The Bertz CT molecular complexity index is 435. The minimum Gasteiger partial charge on any atom is -0.478 e. The van der Waals surface area contributed by atoms with E-state index in [1.807, 2.05) is 6.07 Å². The Hall–Kier alpha value is -1.03. The lowest BCUT2D eigenvalue weighted by Crippen LogP contribution is -2.53. The van der Waals surface area contributed by atoms with Gasteiger partial charge in [-0.15, -0.1) is 0 Å². The van der Waals surface area contributed by atoms with E-state index in [4.69, 9.17) is 5.11 Å². The summed E-state index contributed by atoms with van der Waals surface area (Å²) < 4.78 is 0.850. The zero-order valence-corrected chi connectivity index (χ0v) is 10.9. The van der Waals surface area contributed by atoms with Crippen LogP contribution >= 0.6 is 15.9 Å². The SMILES string of the molecule is CC1(C)CN(c2ccc(C(=O)O)cc2Br)C1. The van der Waals surface area contributed by atoms with E-state index >= 15 is 0 Å². The summed E-state index contributed by atoms with van der Waals surface area (Å²) >= 11 is 3.42. The van der Waals surface area contributed by atoms with Gasteiger partial charge in [0, 0.05) is 17.6 Å². The fourth-order valence-corrected chi connectivity index (χ4v) is 2.68. The molecule has 0 spiro atoms. The summed E-state index contributed by atoms with van der Waals surface area (Å²) in [6.07, 6.45) is 0. The molecule has 1 N–H and O–H groups in total. The predicted molar refractivity (Wildman–Crippen MR) is 67.1 cm³/mol. The number of hydrogen-bond acceptors (Lipinski definition) is 2. The second kappa shape index (κ2) is 3.77. The van der Waals surface area contributed by atoms with Gasteiger partial charge in [0.2, 0.25) is 0 Å². The lowest BCUT2D eigenvalue weighted by Gasteiger charge is -2.47. The average Bonchev–Trinajstić information content (AvgIpc) is 2.13. The summed E-state index contributed by atoms with van der Waals surface area (Å²) in [6, 6.07) is 5.17. The summed E-state index contributed by atoms with van der Waals surface area (Å²) in [6.45, 7) is 6.47. The van der Waals surface area contributed by atoms with Crippen molar-refractivity contribution in [3.63, 3.8) is 0 Å². The number of benzene rings is 1. The molecule has 0 radical (unpaired) electrons. The van der Waals surface area contributed by atoms with E-state index in [1.165, 1.54) is 0 Å². The largest absolute Gasteiger partial charge is 0.478 e. The zero-order chi connectivity index (χ0) is 11.9. The van der Waals surface area contributed by atoms with Gasteiger partial charge in [0.05, 0.1) is 11.3 Å². The van der Waals surface area contributed by atoms with Crippen LogP contribution in [0, 0.1) is 5.41 Å². The summed E-state index contributed by atoms with van der Waals surface area (Å²) in [5.41, 5.74) is 1.75. The molecule has 3 nitrogen and oxygen atoms in total. The van der Waals surface area contributed by atoms with E-state index < -0.39 is 5.97 Å². The second-order valence-corrected chi connectivity index (χ2v) is 5.85. The molecule has 1 fully saturated rings. The number of halogens is 1. The van der Waals surface area contributed by atoms with Gasteiger partial charge in [-0.3, -0.25) is 0 Å². The summed E-state index contributed by atoms with van der Waals surface area (Å²) in [4.78, 5) is 13.0. The van der Waals surface area contributed by atoms with E-state index in [1.54, 1.807) is 12.1 Å². The first-order valence-corrected chi connectivity index (χ1v) is 5.96. The maximum atomic E-state index is 10.8. The molecule has 0 bridgehead atoms. The number of anilines is 1. The van der Waals surface area contributed by atoms with Crippen molar-refractivity contribution in [3.05, 3.63) is 28.2 Å². The van der Waals surface area contributed by atoms with Crippen LogP contribution < -0.4 is 4.90 Å². The fourth-order valence-electron chi connectivity index (χ4n) is 2.05. The number of hydrogen-bond donors (Lipinski definition) is 1. The molecule has 1 saturated heterocycles. The number of rotatable bonds is 2. The predicted octanol–water partition coefficient (Wildman–Crippen LogP) is 2.99. The maximum absolute atomic E-state index is 10.8. The van der Waals surface area contributed by atoms with Crippen LogP contribution in [-0.2, 0) is 0 Å². The standard InChI is InChI=1S/C12H14BrNO2/c1-12(2)6-14(7-12)10-4-3-8(11(15)16)5-9(10)13/h3-5H,6-7H2,1-2H3,(H,15,16). The summed E-state index contributed by atoms with van der Waals surface area (Å²) in [7, 11) is 0. The number of carboxylic acid groups (broad SMARTS) is 1. The molecule has 2 rings (SSSR count). The van der Waals surface area contributed by atoms with Crippen molar-refractivity contribution in [1.29, 1.82) is 0 Å². The molecule has 1 aromatic carbocycles. The molecule has 1 aliphatic rings. The van der Waals surface area contributed by atoms with Gasteiger partial charge in [-0.05, 0) is 39.5 Å². The van der Waals surface area contributed by atoms with E-state index in [9.17, 15) is 4.79 Å². The third kappa shape index (κ3) is 2.07. The van der Waals surface area contributed by atoms with Crippen LogP contribution in [0.4, 0.5) is 5.69 Å². The van der Waals surface area contributed by atoms with Gasteiger partial charge in [-0.1, -0.05) is 13.8 Å². The molecular formula is C12H14BrNO2. The second-order valence-electron chi connectivity index (χ2n) is 4.99. The van der Waals surface area contributed by atoms with E-state index in [2.05, 4.69) is 34.7 Å². The molecule has 0 aliphatic carbocycles. The van der Waals surface area contributed by atoms with E-state index in [0.717, 1.165) is 23.2 Å². The van der Waals surface area contributed by atoms with Gasteiger partial charge in [-0.2, -0.15) is 0 Å². The molecule has 0 atom stereocenters. The first-order chi connectivity index (χ1) is 7.39. The van der Waals surface area contributed by atoms with Gasteiger partial charge < -0.3 is 10.0 Å². The van der Waals surface area contributed by atoms with Crippen molar-refractivity contribution in [2.45, 2.75) is 13.8 Å². The van der Waals surface area contributed by atoms with Crippen molar-refractivity contribution in [3.8, 4) is 0 Å². The number of carboxylic acids is 1. The maximum Gasteiger partial charge on any atom is 0.335 e. The number of nitrogens with zero attached hydrogens (tertiary/aromatic N) is 1. The molecular weight excluding hydrogens is 270 g/mol. The van der Waals surface area contributed by atoms with Gasteiger partial charge in [-0.25, -0.2) is 4.79 Å². The van der Waals surface area contributed by atoms with E-state index in [0.29, 0.717) is 11.0 Å². The minimum absolute atomic E-state index is 0.315. The number of aromatic carboxylic acids is 1. The molecule has 0 unspecified atom stereocenters. The van der Waals surface area contributed by atoms with Crippen LogP contribution in [0.15, 0.2) is 22.7 Å². The Balaban J connectivity index is 2.21. The first-order valence-electron chi connectivity index (χ1n) is 5.17. The molecule has 1 heterocycles. The smallest absolute Gasteiger partial charge is 0.335 e. The van der Waals surface area contributed by atoms with Crippen LogP contribution in [0.2, 0.25) is 0 Å². The third-order valence-electron chi connectivity index (χ3n) is 2.77. The van der Waals surface area contributed by atoms with Crippen molar-refractivity contribution < 1.29 is 9.90 Å². The molecule has 86 valence electrons. The molecule has 4 heteroatoms. The third-order valence-corrected chi connectivity index (χ3v) is 3.41. The molecule has 0 aromatic heterocycles. The lowest BCUT2D eigenvalue weighted by molar-refractivity contribution is 0.0697. The topological polar surface area (TPSA) is 40.5 Å². The van der Waals surface area contributed by atoms with Crippen molar-refractivity contribution in [2.75, 3.05) is 18.0 Å². The Labute approximate surface area is 103 Å². The molecule has 0 amide bonds. The highest BCUT2D eigenvalue weighted by Gasteiger charge is 2.34. The van der Waals surface area contributed by atoms with Gasteiger partial charge in [0.25, 0.3) is 0 Å². The molecule has 1 aromatic rings. The quantitative estimate of drug-likeness (QED) is 0.907. The van der Waals surface area contributed by atoms with Gasteiger partial charge in [0.15, 0.2) is 0 Å². The summed E-state index contributed by atoms with van der Waals surface area (Å²) in [5.74, 6) is -0.892. The van der Waals surface area contributed by atoms with E-state index in [-0.39, 0.29) is 0 Å². The molecule has 0 saturated carbocycles. The van der Waals surface area contributed by atoms with Crippen LogP contribution in [0.3, 0.4) is 0 Å². The van der Waals surface area contributed by atoms with Gasteiger partial charge in [0.1, 0.15) is 0 Å². The fraction of sp³-hybridized carbons (Fsp3) is 0.417. The van der Waals surface area contributed by atoms with Crippen LogP contribution in [-0.4, -0.2) is 24.2 Å². The minimum atomic E-state index is -0.892. The monoisotopic (exact) mass is 283 g/mol. The van der Waals surface area contributed by atoms with Crippen molar-refractivity contribution in [1.82, 2.24) is 0 Å². The van der Waals surface area contributed by atoms with Gasteiger partial charge >= 0.3 is 5.97 Å². The lowest BCUT2D eigenvalue weighted by atomic mass is 9.84. The Morgan fingerprint density at radius 2 is 2.06 bits per heavy atom. The molecule has 16 heavy (non-hydrogen) atoms. The number of carbonyl (C=O) groups is 1. The highest BCUT2D eigenvalue weighted by molar-refractivity contribution is 9.10. The van der Waals surface area contributed by atoms with Crippen molar-refractivity contribution >= 4 is 27.6 Å². The van der Waals surface area contributed by atoms with Crippen molar-refractivity contribution in [2.24, 2.45) is 5.41 Å². The summed E-state index contributed by atoms with van der Waals surface area (Å²) in [5, 5.41) is 8.86. The van der Waals surface area contributed by atoms with Crippen LogP contribution in [0.25, 0.3) is 0 Å². The van der Waals surface area contributed by atoms with Crippen LogP contribution in [0.5, 0.6) is 0 Å². The van der Waals surface area contributed by atoms with Crippen LogP contribution in [0.1, 0.15) is 24.2 Å². The Morgan fingerprint density at radius 1 is 1.44 bits per heavy atom. The highest BCUT2D eigenvalue weighted by Crippen LogP contribution is 2.37. The normalized spacial score (nSPS) is 18.1. The zero-order valence-electron chi connectivity index (χ0n) is 9.33.